The van der Waals surface area contributed by atoms with Crippen LogP contribution >= 0.6 is 0 Å². The molecule has 0 spiro atoms. The van der Waals surface area contributed by atoms with Gasteiger partial charge in [0.05, 0.1) is 12.7 Å². The molecule has 0 radical (unpaired) electrons. The Bertz CT molecular complexity index is 493. The highest BCUT2D eigenvalue weighted by Crippen LogP contribution is 2.21. The first-order valence-electron chi connectivity index (χ1n) is 7.43. The summed E-state index contributed by atoms with van der Waals surface area (Å²) in [6.07, 6.45) is 3.89. The second kappa shape index (κ2) is 7.26. The van der Waals surface area contributed by atoms with Crippen LogP contribution in [0.1, 0.15) is 30.1 Å². The number of hydrogen-bond acceptors (Lipinski definition) is 5. The number of carbonyl (C=O) groups is 1. The molecule has 2 heterocycles. The molecule has 116 valence electrons. The highest BCUT2D eigenvalue weighted by Gasteiger charge is 2.24. The van der Waals surface area contributed by atoms with E-state index in [4.69, 9.17) is 4.74 Å². The fourth-order valence-electron chi connectivity index (χ4n) is 2.76. The van der Waals surface area contributed by atoms with Gasteiger partial charge in [-0.1, -0.05) is 6.92 Å². The third-order valence-electron chi connectivity index (χ3n) is 3.99. The van der Waals surface area contributed by atoms with Crippen LogP contribution < -0.4 is 15.4 Å². The number of pyridine rings is 1. The zero-order valence-corrected chi connectivity index (χ0v) is 13.0. The lowest BCUT2D eigenvalue weighted by atomic mass is 10.2. The van der Waals surface area contributed by atoms with Crippen LogP contribution in [-0.4, -0.2) is 55.6 Å². The van der Waals surface area contributed by atoms with Gasteiger partial charge in [0.15, 0.2) is 0 Å². The quantitative estimate of drug-likeness (QED) is 0.828. The molecule has 0 bridgehead atoms. The molecule has 2 rings (SSSR count). The summed E-state index contributed by atoms with van der Waals surface area (Å²) in [4.78, 5) is 18.9. The predicted octanol–water partition coefficient (Wildman–Crippen LogP) is 1.35. The van der Waals surface area contributed by atoms with Gasteiger partial charge in [-0.3, -0.25) is 9.69 Å². The lowest BCUT2D eigenvalue weighted by Crippen LogP contribution is -2.40. The van der Waals surface area contributed by atoms with Gasteiger partial charge in [-0.25, -0.2) is 4.98 Å². The van der Waals surface area contributed by atoms with Gasteiger partial charge >= 0.3 is 0 Å². The predicted molar refractivity (Wildman–Crippen MR) is 82.9 cm³/mol. The van der Waals surface area contributed by atoms with Crippen molar-refractivity contribution in [3.63, 3.8) is 0 Å². The smallest absolute Gasteiger partial charge is 0.256 e. The van der Waals surface area contributed by atoms with Gasteiger partial charge < -0.3 is 15.4 Å². The Morgan fingerprint density at radius 1 is 1.57 bits per heavy atom. The summed E-state index contributed by atoms with van der Waals surface area (Å²) in [5.74, 6) is 1.08. The first-order valence-corrected chi connectivity index (χ1v) is 7.43. The van der Waals surface area contributed by atoms with Gasteiger partial charge in [0.2, 0.25) is 0 Å². The van der Waals surface area contributed by atoms with E-state index >= 15 is 0 Å². The van der Waals surface area contributed by atoms with Crippen LogP contribution in [0.4, 0.5) is 5.82 Å². The van der Waals surface area contributed by atoms with Crippen molar-refractivity contribution >= 4 is 11.7 Å². The molecule has 1 aromatic heterocycles. The van der Waals surface area contributed by atoms with Crippen molar-refractivity contribution in [2.75, 3.05) is 39.1 Å². The average molecular weight is 292 g/mol. The van der Waals surface area contributed by atoms with E-state index in [1.165, 1.54) is 6.42 Å². The second-order valence-corrected chi connectivity index (χ2v) is 5.15. The van der Waals surface area contributed by atoms with E-state index in [2.05, 4.69) is 27.4 Å². The van der Waals surface area contributed by atoms with Crippen molar-refractivity contribution in [1.29, 1.82) is 0 Å². The number of likely N-dealkylation sites (N-methyl/N-ethyl adjacent to an activating group) is 1. The van der Waals surface area contributed by atoms with E-state index < -0.39 is 0 Å². The molecule has 0 aliphatic carbocycles. The number of nitrogens with one attached hydrogen (secondary N) is 2. The maximum absolute atomic E-state index is 12.3. The largest absolute Gasteiger partial charge is 0.496 e. The standard InChI is InChI=1S/C15H24N4O2/c1-4-19-7-5-6-11(19)9-18-15(20)12-10-17-14(16-2)8-13(12)21-3/h8,10-11H,4-7,9H2,1-3H3,(H,16,17)(H,18,20). The lowest BCUT2D eigenvalue weighted by molar-refractivity contribution is 0.0938. The fraction of sp³-hybridized carbons (Fsp3) is 0.600. The zero-order chi connectivity index (χ0) is 15.2. The van der Waals surface area contributed by atoms with Crippen LogP contribution in [0.2, 0.25) is 0 Å². The van der Waals surface area contributed by atoms with Crippen molar-refractivity contribution < 1.29 is 9.53 Å². The number of rotatable bonds is 6. The lowest BCUT2D eigenvalue weighted by Gasteiger charge is -2.23. The van der Waals surface area contributed by atoms with Crippen molar-refractivity contribution in [2.45, 2.75) is 25.8 Å². The number of anilines is 1. The van der Waals surface area contributed by atoms with Crippen molar-refractivity contribution in [2.24, 2.45) is 0 Å². The van der Waals surface area contributed by atoms with Crippen molar-refractivity contribution in [1.82, 2.24) is 15.2 Å². The Kier molecular flexibility index (Phi) is 5.38. The summed E-state index contributed by atoms with van der Waals surface area (Å²) in [6, 6.07) is 2.16. The van der Waals surface area contributed by atoms with E-state index in [9.17, 15) is 4.79 Å². The molecule has 1 aliphatic rings. The maximum atomic E-state index is 12.3. The average Bonchev–Trinajstić information content (AvgIpc) is 2.99. The van der Waals surface area contributed by atoms with Gasteiger partial charge in [-0.2, -0.15) is 0 Å². The number of aromatic nitrogens is 1. The first-order chi connectivity index (χ1) is 10.2. The normalized spacial score (nSPS) is 18.5. The fourth-order valence-corrected chi connectivity index (χ4v) is 2.76. The molecule has 1 amide bonds. The SMILES string of the molecule is CCN1CCCC1CNC(=O)c1cnc(NC)cc1OC. The second-order valence-electron chi connectivity index (χ2n) is 5.15. The van der Waals surface area contributed by atoms with Crippen LogP contribution in [0, 0.1) is 0 Å². The van der Waals surface area contributed by atoms with E-state index in [0.717, 1.165) is 19.5 Å². The Balaban J connectivity index is 2.00. The minimum Gasteiger partial charge on any atom is -0.496 e. The van der Waals surface area contributed by atoms with Crippen LogP contribution in [0.5, 0.6) is 5.75 Å². The number of nitrogens with zero attached hydrogens (tertiary/aromatic N) is 2. The van der Waals surface area contributed by atoms with Gasteiger partial charge in [-0.05, 0) is 25.9 Å². The van der Waals surface area contributed by atoms with E-state index in [1.807, 2.05) is 0 Å². The number of amides is 1. The molecular weight excluding hydrogens is 268 g/mol. The Hall–Kier alpha value is -1.82. The summed E-state index contributed by atoms with van der Waals surface area (Å²) in [5, 5.41) is 5.92. The molecule has 2 N–H and O–H groups in total. The Labute approximate surface area is 125 Å². The highest BCUT2D eigenvalue weighted by molar-refractivity contribution is 5.96. The molecule has 1 unspecified atom stereocenters. The minimum absolute atomic E-state index is 0.134. The number of ether oxygens (including phenoxy) is 1. The molecule has 0 aromatic carbocycles. The number of carbonyl (C=O) groups excluding carboxylic acids is 1. The summed E-state index contributed by atoms with van der Waals surface area (Å²) in [5.41, 5.74) is 0.470. The number of methoxy groups -OCH3 is 1. The number of likely N-dealkylation sites (tertiary alicyclic amines) is 1. The highest BCUT2D eigenvalue weighted by atomic mass is 16.5. The first kappa shape index (κ1) is 15.6. The molecule has 1 atom stereocenters. The van der Waals surface area contributed by atoms with Crippen LogP contribution in [0.3, 0.4) is 0 Å². The molecule has 6 nitrogen and oxygen atoms in total. The van der Waals surface area contributed by atoms with Gasteiger partial charge in [-0.15, -0.1) is 0 Å². The van der Waals surface area contributed by atoms with E-state index in [1.54, 1.807) is 26.4 Å². The molecule has 1 aromatic rings. The monoisotopic (exact) mass is 292 g/mol. The third kappa shape index (κ3) is 3.64. The molecule has 1 aliphatic heterocycles. The molecule has 1 saturated heterocycles. The summed E-state index contributed by atoms with van der Waals surface area (Å²) in [7, 11) is 3.34. The van der Waals surface area contributed by atoms with Crippen LogP contribution in [-0.2, 0) is 0 Å². The van der Waals surface area contributed by atoms with Crippen LogP contribution in [0.15, 0.2) is 12.3 Å². The Morgan fingerprint density at radius 2 is 2.38 bits per heavy atom. The summed E-state index contributed by atoms with van der Waals surface area (Å²) in [6.45, 7) is 4.98. The van der Waals surface area contributed by atoms with Gasteiger partial charge in [0, 0.05) is 31.9 Å². The third-order valence-corrected chi connectivity index (χ3v) is 3.99. The van der Waals surface area contributed by atoms with Gasteiger partial charge in [0.1, 0.15) is 11.6 Å². The molecule has 0 saturated carbocycles. The Morgan fingerprint density at radius 3 is 3.05 bits per heavy atom. The molecular formula is C15H24N4O2. The molecule has 1 fully saturated rings. The minimum atomic E-state index is -0.134. The maximum Gasteiger partial charge on any atom is 0.256 e. The summed E-state index contributed by atoms with van der Waals surface area (Å²) >= 11 is 0. The number of hydrogen-bond donors (Lipinski definition) is 2. The molecule has 6 heteroatoms. The topological polar surface area (TPSA) is 66.5 Å². The summed E-state index contributed by atoms with van der Waals surface area (Å²) < 4.78 is 5.27. The van der Waals surface area contributed by atoms with Gasteiger partial charge in [0.25, 0.3) is 5.91 Å². The van der Waals surface area contributed by atoms with Crippen LogP contribution in [0.25, 0.3) is 0 Å². The van der Waals surface area contributed by atoms with Crippen molar-refractivity contribution in [3.05, 3.63) is 17.8 Å². The van der Waals surface area contributed by atoms with Crippen molar-refractivity contribution in [3.8, 4) is 5.75 Å². The van der Waals surface area contributed by atoms with E-state index in [-0.39, 0.29) is 5.91 Å². The zero-order valence-electron chi connectivity index (χ0n) is 13.0. The van der Waals surface area contributed by atoms with E-state index in [0.29, 0.717) is 29.7 Å². The molecule has 21 heavy (non-hydrogen) atoms.